The third-order valence-electron chi connectivity index (χ3n) is 3.98. The predicted octanol–water partition coefficient (Wildman–Crippen LogP) is 3.15. The molecule has 152 valence electrons. The number of rotatable bonds is 7. The van der Waals surface area contributed by atoms with Crippen LogP contribution in [0.5, 0.6) is 5.75 Å². The van der Waals surface area contributed by atoms with Crippen molar-refractivity contribution in [2.45, 2.75) is 32.3 Å². The molecule has 0 aliphatic carbocycles. The zero-order chi connectivity index (χ0) is 20.9. The summed E-state index contributed by atoms with van der Waals surface area (Å²) in [5.74, 6) is 0.493. The monoisotopic (exact) mass is 405 g/mol. The highest BCUT2D eigenvalue weighted by atomic mass is 19.4. The van der Waals surface area contributed by atoms with Gasteiger partial charge in [0.05, 0.1) is 11.6 Å². The molecular formula is C19H18F3N5O2. The molecule has 7 nitrogen and oxygen atoms in total. The van der Waals surface area contributed by atoms with E-state index in [1.165, 1.54) is 12.1 Å². The van der Waals surface area contributed by atoms with Crippen molar-refractivity contribution in [1.82, 2.24) is 25.5 Å². The van der Waals surface area contributed by atoms with E-state index in [2.05, 4.69) is 20.7 Å². The number of carbonyl (C=O) groups excluding carboxylic acids is 1. The summed E-state index contributed by atoms with van der Waals surface area (Å²) in [5.41, 5.74) is -0.422. The van der Waals surface area contributed by atoms with Gasteiger partial charge in [-0.25, -0.2) is 0 Å². The molecule has 1 aromatic heterocycles. The number of hydrogen-bond donors (Lipinski definition) is 1. The molecule has 0 radical (unpaired) electrons. The highest BCUT2D eigenvalue weighted by Crippen LogP contribution is 2.30. The van der Waals surface area contributed by atoms with Crippen molar-refractivity contribution in [3.05, 3.63) is 71.5 Å². The normalized spacial score (nSPS) is 12.4. The molecular weight excluding hydrogens is 387 g/mol. The van der Waals surface area contributed by atoms with Gasteiger partial charge in [-0.05, 0) is 42.0 Å². The van der Waals surface area contributed by atoms with Crippen LogP contribution in [0, 0.1) is 0 Å². The van der Waals surface area contributed by atoms with Gasteiger partial charge >= 0.3 is 6.18 Å². The molecule has 10 heteroatoms. The minimum absolute atomic E-state index is 0.0896. The number of aromatic nitrogens is 4. The van der Waals surface area contributed by atoms with Crippen LogP contribution >= 0.6 is 0 Å². The number of carbonyl (C=O) groups is 1. The lowest BCUT2D eigenvalue weighted by molar-refractivity contribution is -0.137. The second-order valence-electron chi connectivity index (χ2n) is 6.25. The Hall–Kier alpha value is -3.43. The first-order valence-electron chi connectivity index (χ1n) is 8.72. The standard InChI is InChI=1S/C19H18F3N5O2/c1-13(14-6-5-7-15(10-14)19(20,21)22)23-18(28)11-27-25-17(24-26-27)12-29-16-8-3-2-4-9-16/h2-10,13H,11-12H2,1H3,(H,23,28)/t13-/m0/s1. The topological polar surface area (TPSA) is 81.9 Å². The number of ether oxygens (including phenoxy) is 1. The van der Waals surface area contributed by atoms with E-state index in [0.29, 0.717) is 17.1 Å². The molecule has 2 aromatic carbocycles. The summed E-state index contributed by atoms with van der Waals surface area (Å²) < 4.78 is 44.0. The zero-order valence-electron chi connectivity index (χ0n) is 15.4. The first kappa shape index (κ1) is 20.3. The maximum Gasteiger partial charge on any atom is 0.416 e. The Morgan fingerprint density at radius 2 is 1.93 bits per heavy atom. The van der Waals surface area contributed by atoms with Crippen LogP contribution in [0.2, 0.25) is 0 Å². The van der Waals surface area contributed by atoms with Gasteiger partial charge in [0.2, 0.25) is 11.7 Å². The number of nitrogens with zero attached hydrogens (tertiary/aromatic N) is 4. The van der Waals surface area contributed by atoms with Crippen LogP contribution in [0.15, 0.2) is 54.6 Å². The van der Waals surface area contributed by atoms with Crippen LogP contribution in [0.3, 0.4) is 0 Å². The molecule has 1 N–H and O–H groups in total. The van der Waals surface area contributed by atoms with E-state index in [1.807, 2.05) is 18.2 Å². The number of amides is 1. The van der Waals surface area contributed by atoms with E-state index in [9.17, 15) is 18.0 Å². The molecule has 0 aliphatic rings. The average Bonchev–Trinajstić information content (AvgIpc) is 3.13. The lowest BCUT2D eigenvalue weighted by atomic mass is 10.0. The second-order valence-corrected chi connectivity index (χ2v) is 6.25. The highest BCUT2D eigenvalue weighted by Gasteiger charge is 2.30. The second kappa shape index (κ2) is 8.72. The molecule has 3 rings (SSSR count). The first-order chi connectivity index (χ1) is 13.8. The minimum atomic E-state index is -4.44. The Balaban J connectivity index is 1.54. The predicted molar refractivity (Wildman–Crippen MR) is 96.6 cm³/mol. The SMILES string of the molecule is C[C@H](NC(=O)Cn1nnc(COc2ccccc2)n1)c1cccc(C(F)(F)F)c1. The lowest BCUT2D eigenvalue weighted by Gasteiger charge is -2.16. The third-order valence-corrected chi connectivity index (χ3v) is 3.98. The van der Waals surface area contributed by atoms with E-state index >= 15 is 0 Å². The number of para-hydroxylation sites is 1. The molecule has 1 heterocycles. The van der Waals surface area contributed by atoms with Crippen molar-refractivity contribution < 1.29 is 22.7 Å². The van der Waals surface area contributed by atoms with E-state index in [0.717, 1.165) is 16.9 Å². The summed E-state index contributed by atoms with van der Waals surface area (Å²) in [6.45, 7) is 1.47. The largest absolute Gasteiger partial charge is 0.485 e. The summed E-state index contributed by atoms with van der Waals surface area (Å²) in [6, 6.07) is 13.3. The van der Waals surface area contributed by atoms with E-state index < -0.39 is 23.7 Å². The number of hydrogen-bond acceptors (Lipinski definition) is 5. The Kier molecular flexibility index (Phi) is 6.10. The fourth-order valence-corrected chi connectivity index (χ4v) is 2.55. The molecule has 1 atom stereocenters. The van der Waals surface area contributed by atoms with E-state index in [1.54, 1.807) is 19.1 Å². The Bertz CT molecular complexity index is 960. The smallest absolute Gasteiger partial charge is 0.416 e. The maximum absolute atomic E-state index is 12.8. The van der Waals surface area contributed by atoms with Gasteiger partial charge in [0.15, 0.2) is 6.61 Å². The molecule has 0 unspecified atom stereocenters. The number of tetrazole rings is 1. The maximum atomic E-state index is 12.8. The van der Waals surface area contributed by atoms with Crippen molar-refractivity contribution in [2.24, 2.45) is 0 Å². The average molecular weight is 405 g/mol. The first-order valence-corrected chi connectivity index (χ1v) is 8.72. The van der Waals surface area contributed by atoms with Crippen LogP contribution in [-0.4, -0.2) is 26.1 Å². The van der Waals surface area contributed by atoms with E-state index in [4.69, 9.17) is 4.74 Å². The van der Waals surface area contributed by atoms with Crippen molar-refractivity contribution in [2.75, 3.05) is 0 Å². The number of benzene rings is 2. The quantitative estimate of drug-likeness (QED) is 0.653. The fourth-order valence-electron chi connectivity index (χ4n) is 2.55. The van der Waals surface area contributed by atoms with Crippen molar-refractivity contribution in [3.63, 3.8) is 0 Å². The van der Waals surface area contributed by atoms with Gasteiger partial charge in [-0.3, -0.25) is 4.79 Å². The summed E-state index contributed by atoms with van der Waals surface area (Å²) in [6.07, 6.45) is -4.44. The van der Waals surface area contributed by atoms with Crippen LogP contribution < -0.4 is 10.1 Å². The molecule has 1 amide bonds. The summed E-state index contributed by atoms with van der Waals surface area (Å²) >= 11 is 0. The molecule has 0 saturated heterocycles. The number of nitrogens with one attached hydrogen (secondary N) is 1. The van der Waals surface area contributed by atoms with Crippen molar-refractivity contribution >= 4 is 5.91 Å². The molecule has 0 spiro atoms. The Morgan fingerprint density at radius 1 is 1.17 bits per heavy atom. The summed E-state index contributed by atoms with van der Waals surface area (Å²) in [4.78, 5) is 13.3. The van der Waals surface area contributed by atoms with Gasteiger partial charge in [-0.2, -0.15) is 18.0 Å². The molecule has 0 fully saturated rings. The van der Waals surface area contributed by atoms with Gasteiger partial charge < -0.3 is 10.1 Å². The highest BCUT2D eigenvalue weighted by molar-refractivity contribution is 5.76. The molecule has 0 aliphatic heterocycles. The van der Waals surface area contributed by atoms with Crippen molar-refractivity contribution in [1.29, 1.82) is 0 Å². The number of alkyl halides is 3. The summed E-state index contributed by atoms with van der Waals surface area (Å²) in [7, 11) is 0. The van der Waals surface area contributed by atoms with Gasteiger partial charge in [0, 0.05) is 0 Å². The molecule has 29 heavy (non-hydrogen) atoms. The fraction of sp³-hybridized carbons (Fsp3) is 0.263. The molecule has 3 aromatic rings. The van der Waals surface area contributed by atoms with Crippen molar-refractivity contribution in [3.8, 4) is 5.75 Å². The molecule has 0 bridgehead atoms. The third kappa shape index (κ3) is 5.77. The molecule has 0 saturated carbocycles. The lowest BCUT2D eigenvalue weighted by Crippen LogP contribution is -2.31. The van der Waals surface area contributed by atoms with Gasteiger partial charge in [0.1, 0.15) is 12.3 Å². The van der Waals surface area contributed by atoms with Crippen LogP contribution in [-0.2, 0) is 24.1 Å². The zero-order valence-corrected chi connectivity index (χ0v) is 15.4. The van der Waals surface area contributed by atoms with Crippen LogP contribution in [0.4, 0.5) is 13.2 Å². The minimum Gasteiger partial charge on any atom is -0.485 e. The van der Waals surface area contributed by atoms with Gasteiger partial charge in [-0.1, -0.05) is 30.3 Å². The summed E-state index contributed by atoms with van der Waals surface area (Å²) in [5, 5.41) is 14.3. The van der Waals surface area contributed by atoms with Crippen LogP contribution in [0.1, 0.15) is 29.9 Å². The number of halogens is 3. The van der Waals surface area contributed by atoms with Gasteiger partial charge in [0.25, 0.3) is 0 Å². The van der Waals surface area contributed by atoms with Gasteiger partial charge in [-0.15, -0.1) is 10.2 Å². The van der Waals surface area contributed by atoms with E-state index in [-0.39, 0.29) is 13.2 Å². The van der Waals surface area contributed by atoms with Crippen LogP contribution in [0.25, 0.3) is 0 Å². The Labute approximate surface area is 164 Å². The Morgan fingerprint density at radius 3 is 2.66 bits per heavy atom.